The van der Waals surface area contributed by atoms with Crippen LogP contribution in [0.15, 0.2) is 81.8 Å². The molecule has 0 bridgehead atoms. The monoisotopic (exact) mass is 452 g/mol. The van der Waals surface area contributed by atoms with Crippen LogP contribution in [0.1, 0.15) is 91.5 Å². The minimum atomic E-state index is -0.818. The maximum absolute atomic E-state index is 11.7. The van der Waals surface area contributed by atoms with Gasteiger partial charge in [-0.2, -0.15) is 0 Å². The number of furan rings is 1. The van der Waals surface area contributed by atoms with Crippen molar-refractivity contribution in [2.75, 3.05) is 0 Å². The number of aliphatic carboxylic acids is 1. The van der Waals surface area contributed by atoms with Gasteiger partial charge < -0.3 is 9.52 Å². The Bertz CT molecular complexity index is 843. The second-order valence-corrected chi connectivity index (χ2v) is 9.48. The van der Waals surface area contributed by atoms with Crippen LogP contribution in [0.25, 0.3) is 0 Å². The van der Waals surface area contributed by atoms with Crippen molar-refractivity contribution in [1.82, 2.24) is 0 Å². The minimum Gasteiger partial charge on any atom is -0.478 e. The van der Waals surface area contributed by atoms with Crippen LogP contribution in [0.3, 0.4) is 0 Å². The van der Waals surface area contributed by atoms with Crippen molar-refractivity contribution >= 4 is 5.97 Å². The zero-order valence-corrected chi connectivity index (χ0v) is 21.5. The maximum atomic E-state index is 11.7. The van der Waals surface area contributed by atoms with Gasteiger partial charge >= 0.3 is 5.97 Å². The Balaban J connectivity index is 2.51. The molecular weight excluding hydrogens is 408 g/mol. The highest BCUT2D eigenvalue weighted by Gasteiger charge is 2.13. The van der Waals surface area contributed by atoms with E-state index in [0.717, 1.165) is 56.1 Å². The smallest absolute Gasteiger partial charge is 0.331 e. The van der Waals surface area contributed by atoms with Crippen molar-refractivity contribution in [3.05, 3.63) is 82.9 Å². The van der Waals surface area contributed by atoms with Crippen LogP contribution in [0.5, 0.6) is 0 Å². The predicted octanol–water partition coefficient (Wildman–Crippen LogP) is 9.01. The van der Waals surface area contributed by atoms with Gasteiger partial charge in [-0.05, 0) is 110 Å². The molecule has 0 saturated carbocycles. The third-order valence-corrected chi connectivity index (χ3v) is 6.01. The molecule has 1 aromatic heterocycles. The Labute approximate surface area is 201 Å². The van der Waals surface area contributed by atoms with E-state index < -0.39 is 5.97 Å². The van der Waals surface area contributed by atoms with Gasteiger partial charge in [0.1, 0.15) is 0 Å². The number of carboxylic acid groups (broad SMARTS) is 1. The summed E-state index contributed by atoms with van der Waals surface area (Å²) in [6, 6.07) is 1.92. The predicted molar refractivity (Wildman–Crippen MR) is 140 cm³/mol. The van der Waals surface area contributed by atoms with Gasteiger partial charge in [-0.15, -0.1) is 0 Å². The van der Waals surface area contributed by atoms with Crippen LogP contribution in [-0.4, -0.2) is 11.1 Å². The first-order chi connectivity index (χ1) is 15.7. The Morgan fingerprint density at radius 1 is 0.970 bits per heavy atom. The van der Waals surface area contributed by atoms with E-state index >= 15 is 0 Å². The molecule has 0 spiro atoms. The maximum Gasteiger partial charge on any atom is 0.331 e. The lowest BCUT2D eigenvalue weighted by Crippen LogP contribution is -2.06. The molecule has 3 heteroatoms. The van der Waals surface area contributed by atoms with E-state index in [1.165, 1.54) is 16.7 Å². The first-order valence-corrected chi connectivity index (χ1v) is 12.2. The number of rotatable bonds is 16. The first-order valence-electron chi connectivity index (χ1n) is 12.2. The van der Waals surface area contributed by atoms with Crippen molar-refractivity contribution in [1.29, 1.82) is 0 Å². The van der Waals surface area contributed by atoms with Crippen molar-refractivity contribution in [2.45, 2.75) is 92.4 Å². The summed E-state index contributed by atoms with van der Waals surface area (Å²) in [4.78, 5) is 11.7. The van der Waals surface area contributed by atoms with Gasteiger partial charge in [0.25, 0.3) is 0 Å². The molecule has 0 amide bonds. The number of aryl methyl sites for hydroxylation is 1. The van der Waals surface area contributed by atoms with Gasteiger partial charge in [-0.3, -0.25) is 0 Å². The summed E-state index contributed by atoms with van der Waals surface area (Å²) in [7, 11) is 0. The average molecular weight is 453 g/mol. The van der Waals surface area contributed by atoms with E-state index in [1.54, 1.807) is 12.5 Å². The van der Waals surface area contributed by atoms with Gasteiger partial charge in [0.2, 0.25) is 0 Å². The van der Waals surface area contributed by atoms with Crippen LogP contribution >= 0.6 is 0 Å². The van der Waals surface area contributed by atoms with Crippen molar-refractivity contribution < 1.29 is 14.3 Å². The van der Waals surface area contributed by atoms with Gasteiger partial charge in [0, 0.05) is 5.57 Å². The van der Waals surface area contributed by atoms with Gasteiger partial charge in [0.15, 0.2) is 0 Å². The fourth-order valence-electron chi connectivity index (χ4n) is 3.72. The second kappa shape index (κ2) is 16.1. The molecule has 0 radical (unpaired) electrons. The number of carboxylic acids is 1. The molecule has 0 saturated heterocycles. The molecule has 0 aromatic carbocycles. The topological polar surface area (TPSA) is 50.4 Å². The Morgan fingerprint density at radius 2 is 1.64 bits per heavy atom. The van der Waals surface area contributed by atoms with Gasteiger partial charge in [0.05, 0.1) is 12.5 Å². The quantitative estimate of drug-likeness (QED) is 0.201. The summed E-state index contributed by atoms with van der Waals surface area (Å²) in [5.41, 5.74) is 6.95. The number of hydrogen-bond acceptors (Lipinski definition) is 2. The van der Waals surface area contributed by atoms with Crippen LogP contribution < -0.4 is 0 Å². The lowest BCUT2D eigenvalue weighted by Gasteiger charge is -2.16. The Morgan fingerprint density at radius 3 is 2.21 bits per heavy atom. The highest BCUT2D eigenvalue weighted by molar-refractivity contribution is 5.86. The van der Waals surface area contributed by atoms with Crippen molar-refractivity contribution in [2.24, 2.45) is 5.92 Å². The molecule has 0 aliphatic rings. The van der Waals surface area contributed by atoms with E-state index in [9.17, 15) is 9.90 Å². The average Bonchev–Trinajstić information content (AvgIpc) is 3.25. The molecular formula is C30H44O3. The molecule has 182 valence electrons. The van der Waals surface area contributed by atoms with E-state index in [2.05, 4.69) is 59.4 Å². The molecule has 1 heterocycles. The van der Waals surface area contributed by atoms with Gasteiger partial charge in [-0.25, -0.2) is 4.79 Å². The van der Waals surface area contributed by atoms with Crippen LogP contribution in [-0.2, 0) is 11.2 Å². The van der Waals surface area contributed by atoms with E-state index in [1.807, 2.05) is 12.1 Å². The summed E-state index contributed by atoms with van der Waals surface area (Å²) < 4.78 is 5.07. The fourth-order valence-corrected chi connectivity index (χ4v) is 3.72. The SMILES string of the molecule is C=C(C)[C@@H](CC=C(C)CCC=C(C)CCC=C(C)C)CCC(=CCCc1ccoc1)C(=O)O. The van der Waals surface area contributed by atoms with Crippen LogP contribution in [0.4, 0.5) is 0 Å². The summed E-state index contributed by atoms with van der Waals surface area (Å²) in [6.07, 6.45) is 20.4. The third kappa shape index (κ3) is 13.6. The number of allylic oxidation sites excluding steroid dienone is 8. The second-order valence-electron chi connectivity index (χ2n) is 9.48. The lowest BCUT2D eigenvalue weighted by molar-refractivity contribution is -0.132. The first kappa shape index (κ1) is 28.5. The minimum absolute atomic E-state index is 0.304. The molecule has 0 fully saturated rings. The molecule has 33 heavy (non-hydrogen) atoms. The standard InChI is InChI=1S/C30H44O3/c1-23(2)10-7-11-25(5)12-8-13-26(6)16-17-28(24(3)4)18-19-29(30(31)32)15-9-14-27-20-21-33-22-27/h10,12,15-16,20-22,28H,3,7-9,11,13-14,17-19H2,1-2,4-6H3,(H,31,32)/t28-/m0/s1. The van der Waals surface area contributed by atoms with E-state index in [0.29, 0.717) is 24.3 Å². The zero-order chi connectivity index (χ0) is 24.6. The fraction of sp³-hybridized carbons (Fsp3) is 0.500. The van der Waals surface area contributed by atoms with Gasteiger partial charge in [-0.1, -0.05) is 53.2 Å². The summed E-state index contributed by atoms with van der Waals surface area (Å²) in [6.45, 7) is 14.9. The van der Waals surface area contributed by atoms with Crippen LogP contribution in [0.2, 0.25) is 0 Å². The Kier molecular flexibility index (Phi) is 13.9. The van der Waals surface area contributed by atoms with Crippen LogP contribution in [0, 0.1) is 5.92 Å². The molecule has 1 atom stereocenters. The third-order valence-electron chi connectivity index (χ3n) is 6.01. The largest absolute Gasteiger partial charge is 0.478 e. The molecule has 0 aliphatic carbocycles. The normalized spacial score (nSPS) is 13.7. The lowest BCUT2D eigenvalue weighted by atomic mass is 9.89. The molecule has 1 N–H and O–H groups in total. The Hall–Kier alpha value is -2.55. The molecule has 0 aliphatic heterocycles. The molecule has 3 nitrogen and oxygen atoms in total. The van der Waals surface area contributed by atoms with E-state index in [4.69, 9.17) is 4.42 Å². The molecule has 1 rings (SSSR count). The number of carbonyl (C=O) groups is 1. The highest BCUT2D eigenvalue weighted by Crippen LogP contribution is 2.24. The number of hydrogen-bond donors (Lipinski definition) is 1. The molecule has 1 aromatic rings. The summed E-state index contributed by atoms with van der Waals surface area (Å²) in [5, 5.41) is 9.59. The summed E-state index contributed by atoms with van der Waals surface area (Å²) in [5.74, 6) is -0.515. The molecule has 0 unspecified atom stereocenters. The zero-order valence-electron chi connectivity index (χ0n) is 21.5. The summed E-state index contributed by atoms with van der Waals surface area (Å²) >= 11 is 0. The van der Waals surface area contributed by atoms with Crippen molar-refractivity contribution in [3.63, 3.8) is 0 Å². The van der Waals surface area contributed by atoms with Crippen molar-refractivity contribution in [3.8, 4) is 0 Å². The van der Waals surface area contributed by atoms with E-state index in [-0.39, 0.29) is 0 Å². The highest BCUT2D eigenvalue weighted by atomic mass is 16.4.